The van der Waals surface area contributed by atoms with E-state index in [1.807, 2.05) is 0 Å². The SMILES string of the molecule is CC1CN(Cc2cccc(CN=C(N)NC(C)(C)C)c2)CCO1. The Bertz CT molecular complexity index is 536. The smallest absolute Gasteiger partial charge is 0.189 e. The van der Waals surface area contributed by atoms with Crippen molar-refractivity contribution in [3.63, 3.8) is 0 Å². The van der Waals surface area contributed by atoms with E-state index in [-0.39, 0.29) is 5.54 Å². The van der Waals surface area contributed by atoms with Crippen LogP contribution in [0.25, 0.3) is 0 Å². The average Bonchev–Trinajstić information content (AvgIpc) is 2.44. The van der Waals surface area contributed by atoms with Gasteiger partial charge in [0.15, 0.2) is 5.96 Å². The molecule has 0 spiro atoms. The molecule has 0 aromatic heterocycles. The number of guanidine groups is 1. The first kappa shape index (κ1) is 17.8. The first-order valence-electron chi connectivity index (χ1n) is 8.32. The lowest BCUT2D eigenvalue weighted by Crippen LogP contribution is -2.44. The number of nitrogens with zero attached hydrogens (tertiary/aromatic N) is 2. The Labute approximate surface area is 139 Å². The molecule has 5 nitrogen and oxygen atoms in total. The van der Waals surface area contributed by atoms with Crippen LogP contribution in [0.5, 0.6) is 0 Å². The molecule has 1 aliphatic heterocycles. The summed E-state index contributed by atoms with van der Waals surface area (Å²) in [6, 6.07) is 8.58. The summed E-state index contributed by atoms with van der Waals surface area (Å²) >= 11 is 0. The third kappa shape index (κ3) is 6.59. The number of morpholine rings is 1. The van der Waals surface area contributed by atoms with Crippen LogP contribution in [-0.2, 0) is 17.8 Å². The number of rotatable bonds is 4. The second kappa shape index (κ2) is 7.79. The summed E-state index contributed by atoms with van der Waals surface area (Å²) in [7, 11) is 0. The summed E-state index contributed by atoms with van der Waals surface area (Å²) in [5, 5.41) is 3.18. The minimum Gasteiger partial charge on any atom is -0.376 e. The molecule has 1 aromatic rings. The highest BCUT2D eigenvalue weighted by Gasteiger charge is 2.16. The maximum Gasteiger partial charge on any atom is 0.189 e. The Morgan fingerprint density at radius 3 is 2.83 bits per heavy atom. The van der Waals surface area contributed by atoms with Crippen molar-refractivity contribution in [2.45, 2.75) is 52.4 Å². The normalized spacial score (nSPS) is 20.5. The number of ether oxygens (including phenoxy) is 1. The third-order valence-corrected chi connectivity index (χ3v) is 3.66. The minimum atomic E-state index is -0.0670. The lowest BCUT2D eigenvalue weighted by atomic mass is 10.1. The van der Waals surface area contributed by atoms with Crippen LogP contribution in [-0.4, -0.2) is 42.2 Å². The summed E-state index contributed by atoms with van der Waals surface area (Å²) in [6.45, 7) is 12.7. The Balaban J connectivity index is 1.93. The number of benzene rings is 1. The maximum atomic E-state index is 5.93. The van der Waals surface area contributed by atoms with E-state index in [4.69, 9.17) is 10.5 Å². The van der Waals surface area contributed by atoms with Crippen LogP contribution < -0.4 is 11.1 Å². The number of aliphatic imine (C=N–C) groups is 1. The quantitative estimate of drug-likeness (QED) is 0.659. The van der Waals surface area contributed by atoms with Gasteiger partial charge < -0.3 is 15.8 Å². The van der Waals surface area contributed by atoms with Crippen molar-refractivity contribution in [3.05, 3.63) is 35.4 Å². The Kier molecular flexibility index (Phi) is 6.02. The molecule has 1 heterocycles. The van der Waals surface area contributed by atoms with Crippen LogP contribution in [0, 0.1) is 0 Å². The van der Waals surface area contributed by atoms with Crippen molar-refractivity contribution in [2.75, 3.05) is 19.7 Å². The van der Waals surface area contributed by atoms with Crippen LogP contribution in [0.15, 0.2) is 29.3 Å². The van der Waals surface area contributed by atoms with Crippen molar-refractivity contribution in [1.29, 1.82) is 0 Å². The number of nitrogens with two attached hydrogens (primary N) is 1. The molecular weight excluding hydrogens is 288 g/mol. The predicted molar refractivity (Wildman–Crippen MR) is 95.3 cm³/mol. The molecule has 5 heteroatoms. The Morgan fingerprint density at radius 2 is 2.13 bits per heavy atom. The zero-order chi connectivity index (χ0) is 16.9. The van der Waals surface area contributed by atoms with E-state index < -0.39 is 0 Å². The first-order valence-corrected chi connectivity index (χ1v) is 8.32. The van der Waals surface area contributed by atoms with E-state index in [1.54, 1.807) is 0 Å². The standard InChI is InChI=1S/C18H30N4O/c1-14-12-22(8-9-23-14)13-16-7-5-6-15(10-16)11-20-17(19)21-18(2,3)4/h5-7,10,14H,8-9,11-13H2,1-4H3,(H3,19,20,21). The number of hydrogen-bond donors (Lipinski definition) is 2. The zero-order valence-corrected chi connectivity index (χ0v) is 14.8. The lowest BCUT2D eigenvalue weighted by Gasteiger charge is -2.31. The maximum absolute atomic E-state index is 5.93. The van der Waals surface area contributed by atoms with Gasteiger partial charge in [0.1, 0.15) is 0 Å². The Morgan fingerprint density at radius 1 is 1.39 bits per heavy atom. The molecule has 1 fully saturated rings. The van der Waals surface area contributed by atoms with Gasteiger partial charge in [-0.2, -0.15) is 0 Å². The van der Waals surface area contributed by atoms with Gasteiger partial charge in [-0.25, -0.2) is 4.99 Å². The summed E-state index contributed by atoms with van der Waals surface area (Å²) in [4.78, 5) is 6.87. The van der Waals surface area contributed by atoms with Gasteiger partial charge >= 0.3 is 0 Å². The highest BCUT2D eigenvalue weighted by Crippen LogP contribution is 2.12. The summed E-state index contributed by atoms with van der Waals surface area (Å²) in [6.07, 6.45) is 0.319. The van der Waals surface area contributed by atoms with Gasteiger partial charge in [-0.1, -0.05) is 24.3 Å². The molecule has 128 valence electrons. The highest BCUT2D eigenvalue weighted by atomic mass is 16.5. The number of hydrogen-bond acceptors (Lipinski definition) is 3. The van der Waals surface area contributed by atoms with Crippen LogP contribution in [0.3, 0.4) is 0 Å². The van der Waals surface area contributed by atoms with Gasteiger partial charge in [0.25, 0.3) is 0 Å². The highest BCUT2D eigenvalue weighted by molar-refractivity contribution is 5.78. The molecule has 1 aromatic carbocycles. The van der Waals surface area contributed by atoms with Gasteiger partial charge in [0.2, 0.25) is 0 Å². The summed E-state index contributed by atoms with van der Waals surface area (Å²) < 4.78 is 5.59. The molecule has 0 saturated carbocycles. The topological polar surface area (TPSA) is 62.9 Å². The molecule has 23 heavy (non-hydrogen) atoms. The molecule has 1 aliphatic rings. The fourth-order valence-corrected chi connectivity index (χ4v) is 2.72. The second-order valence-electron chi connectivity index (χ2n) is 7.31. The van der Waals surface area contributed by atoms with Crippen molar-refractivity contribution in [1.82, 2.24) is 10.2 Å². The van der Waals surface area contributed by atoms with Gasteiger partial charge in [-0.15, -0.1) is 0 Å². The zero-order valence-electron chi connectivity index (χ0n) is 14.8. The van der Waals surface area contributed by atoms with Crippen LogP contribution in [0.4, 0.5) is 0 Å². The van der Waals surface area contributed by atoms with Crippen molar-refractivity contribution in [3.8, 4) is 0 Å². The number of nitrogens with one attached hydrogen (secondary N) is 1. The molecule has 1 unspecified atom stereocenters. The van der Waals surface area contributed by atoms with Crippen LogP contribution >= 0.6 is 0 Å². The van der Waals surface area contributed by atoms with E-state index in [2.05, 4.69) is 67.2 Å². The fourth-order valence-electron chi connectivity index (χ4n) is 2.72. The molecule has 0 amide bonds. The van der Waals surface area contributed by atoms with E-state index in [9.17, 15) is 0 Å². The molecule has 1 saturated heterocycles. The molecule has 0 radical (unpaired) electrons. The van der Waals surface area contributed by atoms with E-state index in [0.717, 1.165) is 26.2 Å². The van der Waals surface area contributed by atoms with Gasteiger partial charge in [-0.3, -0.25) is 4.90 Å². The molecular formula is C18H30N4O. The summed E-state index contributed by atoms with van der Waals surface area (Å²) in [5.41, 5.74) is 8.36. The van der Waals surface area contributed by atoms with Gasteiger partial charge in [0.05, 0.1) is 19.3 Å². The van der Waals surface area contributed by atoms with Gasteiger partial charge in [0, 0.05) is 25.2 Å². The van der Waals surface area contributed by atoms with Crippen molar-refractivity contribution in [2.24, 2.45) is 10.7 Å². The lowest BCUT2D eigenvalue weighted by molar-refractivity contribution is -0.0212. The fraction of sp³-hybridized carbons (Fsp3) is 0.611. The third-order valence-electron chi connectivity index (χ3n) is 3.66. The van der Waals surface area contributed by atoms with E-state index in [1.165, 1.54) is 11.1 Å². The van der Waals surface area contributed by atoms with E-state index >= 15 is 0 Å². The predicted octanol–water partition coefficient (Wildman–Crippen LogP) is 2.11. The summed E-state index contributed by atoms with van der Waals surface area (Å²) in [5.74, 6) is 0.491. The van der Waals surface area contributed by atoms with Crippen LogP contribution in [0.2, 0.25) is 0 Å². The molecule has 0 bridgehead atoms. The molecule has 3 N–H and O–H groups in total. The van der Waals surface area contributed by atoms with Crippen molar-refractivity contribution >= 4 is 5.96 Å². The van der Waals surface area contributed by atoms with Gasteiger partial charge in [-0.05, 0) is 38.8 Å². The molecule has 2 rings (SSSR count). The first-order chi connectivity index (χ1) is 10.8. The molecule has 1 atom stereocenters. The second-order valence-corrected chi connectivity index (χ2v) is 7.31. The van der Waals surface area contributed by atoms with Crippen molar-refractivity contribution < 1.29 is 4.74 Å². The molecule has 0 aliphatic carbocycles. The average molecular weight is 318 g/mol. The monoisotopic (exact) mass is 318 g/mol. The Hall–Kier alpha value is -1.59. The van der Waals surface area contributed by atoms with Crippen LogP contribution in [0.1, 0.15) is 38.8 Å². The largest absolute Gasteiger partial charge is 0.376 e. The minimum absolute atomic E-state index is 0.0670. The van der Waals surface area contributed by atoms with E-state index in [0.29, 0.717) is 18.6 Å².